The van der Waals surface area contributed by atoms with E-state index >= 15 is 0 Å². The number of nitrogens with two attached hydrogens (primary N) is 1. The van der Waals surface area contributed by atoms with E-state index in [1.807, 2.05) is 19.2 Å². The average Bonchev–Trinajstić information content (AvgIpc) is 3.35. The van der Waals surface area contributed by atoms with E-state index in [1.165, 1.54) is 6.20 Å². The molecule has 1 fully saturated rings. The molecule has 7 nitrogen and oxygen atoms in total. The molecule has 0 unspecified atom stereocenters. The number of fused-ring (bicyclic) bond motifs is 1. The van der Waals surface area contributed by atoms with Crippen molar-refractivity contribution in [1.82, 2.24) is 15.2 Å². The number of rotatable bonds is 8. The Labute approximate surface area is 245 Å². The van der Waals surface area contributed by atoms with Gasteiger partial charge >= 0.3 is 0 Å². The lowest BCUT2D eigenvalue weighted by atomic mass is 9.89. The Kier molecular flexibility index (Phi) is 8.53. The van der Waals surface area contributed by atoms with Gasteiger partial charge in [0.15, 0.2) is 0 Å². The molecule has 0 saturated heterocycles. The first-order chi connectivity index (χ1) is 19.7. The summed E-state index contributed by atoms with van der Waals surface area (Å²) in [6.07, 6.45) is 4.75. The number of nitrogens with one attached hydrogen (secondary N) is 1. The minimum atomic E-state index is -0.676. The standard InChI is InChI=1S/C30H29ClF2N4O3S/c1-35-19-4-6-20(7-5-19)37(30(39)28-26(31)25-21(32)8-9-22(33)27(25)41-28)15-18-13-16(3-10-24(18)40-2)17-11-12-36-23(14-17)29(34)38/h3,8-14,19-20,35H,4-7,15H2,1-2H3,(H2,34,38). The highest BCUT2D eigenvalue weighted by Crippen LogP contribution is 2.40. The average molecular weight is 599 g/mol. The summed E-state index contributed by atoms with van der Waals surface area (Å²) in [5.74, 6) is -1.77. The normalized spacial score (nSPS) is 17.0. The maximum absolute atomic E-state index is 14.6. The third-order valence-electron chi connectivity index (χ3n) is 7.65. The molecule has 0 bridgehead atoms. The van der Waals surface area contributed by atoms with Crippen molar-refractivity contribution < 1.29 is 23.1 Å². The van der Waals surface area contributed by atoms with Crippen LogP contribution in [0.2, 0.25) is 5.02 Å². The highest BCUT2D eigenvalue weighted by atomic mass is 35.5. The SMILES string of the molecule is CNC1CCC(N(Cc2cc(-c3ccnc(C(N)=O)c3)ccc2OC)C(=O)c2sc3c(F)ccc(F)c3c2Cl)CC1. The van der Waals surface area contributed by atoms with Gasteiger partial charge in [-0.25, -0.2) is 8.78 Å². The topological polar surface area (TPSA) is 97.6 Å². The third-order valence-corrected chi connectivity index (χ3v) is 9.33. The van der Waals surface area contributed by atoms with Gasteiger partial charge in [0.1, 0.15) is 28.0 Å². The number of nitrogens with zero attached hydrogens (tertiary/aromatic N) is 2. The van der Waals surface area contributed by atoms with Crippen LogP contribution in [0.3, 0.4) is 0 Å². The zero-order valence-corrected chi connectivity index (χ0v) is 24.1. The first kappa shape index (κ1) is 28.9. The molecule has 0 spiro atoms. The van der Waals surface area contributed by atoms with Crippen LogP contribution in [-0.2, 0) is 6.54 Å². The minimum Gasteiger partial charge on any atom is -0.496 e. The Balaban J connectivity index is 1.56. The molecule has 1 aliphatic rings. The van der Waals surface area contributed by atoms with E-state index in [0.29, 0.717) is 11.8 Å². The molecule has 0 atom stereocenters. The fourth-order valence-electron chi connectivity index (χ4n) is 5.42. The number of thiophene rings is 1. The minimum absolute atomic E-state index is 0.0136. The molecule has 0 aliphatic heterocycles. The van der Waals surface area contributed by atoms with E-state index in [0.717, 1.165) is 65.8 Å². The lowest BCUT2D eigenvalue weighted by molar-refractivity contribution is 0.0604. The summed E-state index contributed by atoms with van der Waals surface area (Å²) in [5, 5.41) is 3.14. The molecule has 2 aromatic carbocycles. The number of benzene rings is 2. The number of pyridine rings is 1. The van der Waals surface area contributed by atoms with Crippen molar-refractivity contribution in [2.75, 3.05) is 14.2 Å². The Bertz CT molecular complexity index is 1620. The summed E-state index contributed by atoms with van der Waals surface area (Å²) in [7, 11) is 3.47. The van der Waals surface area contributed by atoms with Gasteiger partial charge < -0.3 is 20.7 Å². The smallest absolute Gasteiger partial charge is 0.267 e. The van der Waals surface area contributed by atoms with Crippen molar-refractivity contribution in [1.29, 1.82) is 0 Å². The number of carbonyl (C=O) groups is 2. The van der Waals surface area contributed by atoms with E-state index in [9.17, 15) is 18.4 Å². The van der Waals surface area contributed by atoms with Gasteiger partial charge in [-0.1, -0.05) is 17.7 Å². The van der Waals surface area contributed by atoms with Crippen molar-refractivity contribution in [3.63, 3.8) is 0 Å². The molecule has 2 aromatic heterocycles. The zero-order chi connectivity index (χ0) is 29.3. The molecule has 3 N–H and O–H groups in total. The summed E-state index contributed by atoms with van der Waals surface area (Å²) in [5.41, 5.74) is 7.79. The van der Waals surface area contributed by atoms with Crippen LogP contribution in [0.1, 0.15) is 51.4 Å². The maximum atomic E-state index is 14.6. The molecule has 11 heteroatoms. The van der Waals surface area contributed by atoms with Crippen LogP contribution in [0.4, 0.5) is 8.78 Å². The number of aromatic nitrogens is 1. The van der Waals surface area contributed by atoms with Crippen molar-refractivity contribution in [3.8, 4) is 16.9 Å². The van der Waals surface area contributed by atoms with Crippen LogP contribution < -0.4 is 15.8 Å². The molecule has 41 heavy (non-hydrogen) atoms. The molecular weight excluding hydrogens is 570 g/mol. The van der Waals surface area contributed by atoms with E-state index in [4.69, 9.17) is 22.1 Å². The molecule has 2 heterocycles. The molecule has 2 amide bonds. The highest BCUT2D eigenvalue weighted by Gasteiger charge is 2.33. The fourth-order valence-corrected chi connectivity index (χ4v) is 6.92. The number of halogens is 3. The van der Waals surface area contributed by atoms with Crippen LogP contribution in [0, 0.1) is 11.6 Å². The first-order valence-corrected chi connectivity index (χ1v) is 14.4. The zero-order valence-electron chi connectivity index (χ0n) is 22.5. The van der Waals surface area contributed by atoms with Crippen molar-refractivity contribution in [2.24, 2.45) is 5.73 Å². The summed E-state index contributed by atoms with van der Waals surface area (Å²) in [6.45, 7) is 0.175. The molecule has 1 saturated carbocycles. The van der Waals surface area contributed by atoms with Gasteiger partial charge in [0.05, 0.1) is 22.2 Å². The second-order valence-corrected chi connectivity index (χ2v) is 11.4. The Morgan fingerprint density at radius 1 is 1.10 bits per heavy atom. The van der Waals surface area contributed by atoms with E-state index in [2.05, 4.69) is 10.3 Å². The Hall–Kier alpha value is -3.60. The molecule has 0 radical (unpaired) electrons. The van der Waals surface area contributed by atoms with Crippen LogP contribution in [0.15, 0.2) is 48.7 Å². The fraction of sp³-hybridized carbons (Fsp3) is 0.300. The van der Waals surface area contributed by atoms with E-state index < -0.39 is 23.4 Å². The van der Waals surface area contributed by atoms with E-state index in [1.54, 1.807) is 30.2 Å². The second kappa shape index (κ2) is 12.1. The lowest BCUT2D eigenvalue weighted by Gasteiger charge is -2.37. The second-order valence-electron chi connectivity index (χ2n) is 10.0. The quantitative estimate of drug-likeness (QED) is 0.253. The molecular formula is C30H29ClF2N4O3S. The van der Waals surface area contributed by atoms with Crippen molar-refractivity contribution in [2.45, 2.75) is 44.3 Å². The molecule has 214 valence electrons. The molecule has 1 aliphatic carbocycles. The summed E-state index contributed by atoms with van der Waals surface area (Å²) < 4.78 is 34.9. The van der Waals surface area contributed by atoms with Gasteiger partial charge in [-0.2, -0.15) is 0 Å². The summed E-state index contributed by atoms with van der Waals surface area (Å²) >= 11 is 7.41. The number of hydrogen-bond acceptors (Lipinski definition) is 6. The monoisotopic (exact) mass is 598 g/mol. The number of primary amides is 1. The van der Waals surface area contributed by atoms with Gasteiger partial charge in [0, 0.05) is 30.4 Å². The summed E-state index contributed by atoms with van der Waals surface area (Å²) in [4.78, 5) is 31.7. The van der Waals surface area contributed by atoms with Crippen LogP contribution >= 0.6 is 22.9 Å². The number of methoxy groups -OCH3 is 1. The van der Waals surface area contributed by atoms with Crippen molar-refractivity contribution in [3.05, 3.63) is 81.5 Å². The summed E-state index contributed by atoms with van der Waals surface area (Å²) in [6, 6.07) is 11.2. The van der Waals surface area contributed by atoms with Crippen molar-refractivity contribution >= 4 is 44.8 Å². The number of carbonyl (C=O) groups excluding carboxylic acids is 2. The maximum Gasteiger partial charge on any atom is 0.267 e. The number of amides is 2. The lowest BCUT2D eigenvalue weighted by Crippen LogP contribution is -2.44. The van der Waals surface area contributed by atoms with Gasteiger partial charge in [-0.3, -0.25) is 14.6 Å². The van der Waals surface area contributed by atoms with Crippen LogP contribution in [0.5, 0.6) is 5.75 Å². The number of hydrogen-bond donors (Lipinski definition) is 2. The number of ether oxygens (including phenoxy) is 1. The van der Waals surface area contributed by atoms with Gasteiger partial charge in [0.2, 0.25) is 0 Å². The largest absolute Gasteiger partial charge is 0.496 e. The molecule has 5 rings (SSSR count). The third kappa shape index (κ3) is 5.77. The first-order valence-electron chi connectivity index (χ1n) is 13.2. The predicted octanol–water partition coefficient (Wildman–Crippen LogP) is 6.18. The Morgan fingerprint density at radius 2 is 1.80 bits per heavy atom. The molecule has 4 aromatic rings. The van der Waals surface area contributed by atoms with E-state index in [-0.39, 0.29) is 38.3 Å². The van der Waals surface area contributed by atoms with Gasteiger partial charge in [0.25, 0.3) is 11.8 Å². The highest BCUT2D eigenvalue weighted by molar-refractivity contribution is 7.21. The predicted molar refractivity (Wildman–Crippen MR) is 156 cm³/mol. The Morgan fingerprint density at radius 3 is 2.46 bits per heavy atom. The van der Waals surface area contributed by atoms with Gasteiger partial charge in [-0.05, 0) is 80.3 Å². The van der Waals surface area contributed by atoms with Crippen LogP contribution in [0.25, 0.3) is 21.2 Å². The van der Waals surface area contributed by atoms with Crippen LogP contribution in [-0.4, -0.2) is 47.9 Å². The van der Waals surface area contributed by atoms with Gasteiger partial charge in [-0.15, -0.1) is 11.3 Å².